The normalized spacial score (nSPS) is 15.1. The maximum Gasteiger partial charge on any atom is 0 e. The summed E-state index contributed by atoms with van der Waals surface area (Å²) in [5.41, 5.74) is 4.63. The molecule has 5 aromatic rings. The first-order valence-corrected chi connectivity index (χ1v) is 15.2. The van der Waals surface area contributed by atoms with Crippen LogP contribution in [-0.4, -0.2) is 36.8 Å². The van der Waals surface area contributed by atoms with Gasteiger partial charge in [-0.2, -0.15) is 0 Å². The van der Waals surface area contributed by atoms with Gasteiger partial charge in [0, 0.05) is 25.2 Å². The Morgan fingerprint density at radius 2 is 1.74 bits per heavy atom. The first-order valence-electron chi connectivity index (χ1n) is 15.0. The molecular weight excluding hydrogens is 780 g/mol. The van der Waals surface area contributed by atoms with Gasteiger partial charge in [-0.1, -0.05) is 0 Å². The van der Waals surface area contributed by atoms with Crippen molar-refractivity contribution in [3.05, 3.63) is 140 Å². The summed E-state index contributed by atoms with van der Waals surface area (Å²) < 4.78 is 31.6. The van der Waals surface area contributed by atoms with E-state index >= 15 is 0 Å². The molecule has 7 rings (SSSR count). The molecule has 0 fully saturated rings. The molecule has 0 spiro atoms. The van der Waals surface area contributed by atoms with Gasteiger partial charge in [0.05, 0.1) is 0 Å². The average Bonchev–Trinajstić information content (AvgIpc) is 3.56. The fourth-order valence-electron chi connectivity index (χ4n) is 5.08. The standard InChI is InChI=1S/C35H28N5OSe.Pt/c1-35(2,25-8-5-4-6-9-25)26-14-17-37-34(20-26)40-30-22-29(12-13-32(30)42-33-15-16-36-23-31(33)40)41-28-11-7-10-27(21-28)39-19-18-38(3)24-39;/h4-20,23-24H,1-3H3;/q-3;/i3D3;. The van der Waals surface area contributed by atoms with Crippen molar-refractivity contribution in [2.75, 3.05) is 16.8 Å². The molecule has 218 valence electrons. The molecule has 4 heterocycles. The fourth-order valence-corrected chi connectivity index (χ4v) is 7.15. The molecule has 0 N–H and O–H groups in total. The summed E-state index contributed by atoms with van der Waals surface area (Å²) in [4.78, 5) is 14.3. The van der Waals surface area contributed by atoms with Crippen molar-refractivity contribution < 1.29 is 29.9 Å². The molecule has 0 unspecified atom stereocenters. The number of benzene rings is 3. The topological polar surface area (TPSA) is 44.7 Å². The van der Waals surface area contributed by atoms with Crippen LogP contribution in [0.2, 0.25) is 0 Å². The number of rotatable bonds is 6. The van der Waals surface area contributed by atoms with Crippen LogP contribution in [0, 0.1) is 18.8 Å². The van der Waals surface area contributed by atoms with E-state index < -0.39 is 6.98 Å². The average molecular weight is 812 g/mol. The minimum absolute atomic E-state index is 0. The fraction of sp³-hybridized carbons (Fsp3) is 0.114. The number of pyridine rings is 2. The molecule has 0 amide bonds. The monoisotopic (exact) mass is 812 g/mol. The van der Waals surface area contributed by atoms with E-state index in [1.54, 1.807) is 11.1 Å². The molecule has 8 heteroatoms. The summed E-state index contributed by atoms with van der Waals surface area (Å²) in [6, 6.07) is 33.1. The Kier molecular flexibility index (Phi) is 7.15. The zero-order valence-electron chi connectivity index (χ0n) is 26.3. The van der Waals surface area contributed by atoms with Gasteiger partial charge in [0.1, 0.15) is 0 Å². The van der Waals surface area contributed by atoms with Crippen LogP contribution in [0.25, 0.3) is 0 Å². The third kappa shape index (κ3) is 5.73. The van der Waals surface area contributed by atoms with Gasteiger partial charge in [0.25, 0.3) is 0 Å². The molecule has 0 radical (unpaired) electrons. The van der Waals surface area contributed by atoms with Gasteiger partial charge >= 0.3 is 254 Å². The van der Waals surface area contributed by atoms with E-state index in [1.165, 1.54) is 27.8 Å². The quantitative estimate of drug-likeness (QED) is 0.153. The molecule has 0 aliphatic carbocycles. The Bertz CT molecular complexity index is 1900. The number of aromatic nitrogens is 2. The minimum atomic E-state index is -2.26. The van der Waals surface area contributed by atoms with Crippen LogP contribution in [0.3, 0.4) is 0 Å². The van der Waals surface area contributed by atoms with Crippen molar-refractivity contribution in [2.45, 2.75) is 19.3 Å². The van der Waals surface area contributed by atoms with Crippen molar-refractivity contribution in [1.82, 2.24) is 14.9 Å². The summed E-state index contributed by atoms with van der Waals surface area (Å²) in [5.74, 6) is 1.79. The molecule has 3 aromatic carbocycles. The second kappa shape index (κ2) is 12.0. The SMILES string of the molecule is [2H]C([2H])([2H])N1C=CN(c2[c-]c(Oc3[c-]c4c(cc3)[Se]c3ccncc3N4c3cc(C(C)(C)c4ccccc4)ccn3)ccc2)[CH-]1.[Pt]. The first-order chi connectivity index (χ1) is 21.7. The van der Waals surface area contributed by atoms with Gasteiger partial charge in [0.15, 0.2) is 0 Å². The Hall–Kier alpha value is -3.89. The van der Waals surface area contributed by atoms with Crippen LogP contribution in [-0.2, 0) is 26.5 Å². The van der Waals surface area contributed by atoms with Crippen molar-refractivity contribution in [3.63, 3.8) is 0 Å². The number of hydrogen-bond acceptors (Lipinski definition) is 6. The van der Waals surface area contributed by atoms with Crippen LogP contribution in [0.4, 0.5) is 22.9 Å². The Balaban J connectivity index is 0.00000372. The van der Waals surface area contributed by atoms with Gasteiger partial charge in [-0.15, -0.1) is 0 Å². The Morgan fingerprint density at radius 3 is 2.58 bits per heavy atom. The maximum absolute atomic E-state index is 7.65. The van der Waals surface area contributed by atoms with Crippen LogP contribution in [0.15, 0.2) is 110 Å². The van der Waals surface area contributed by atoms with Gasteiger partial charge < -0.3 is 0 Å². The summed E-state index contributed by atoms with van der Waals surface area (Å²) in [5, 5.41) is 0. The molecule has 2 aliphatic rings. The van der Waals surface area contributed by atoms with E-state index in [4.69, 9.17) is 13.8 Å². The summed E-state index contributed by atoms with van der Waals surface area (Å²) in [6.07, 6.45) is 8.78. The summed E-state index contributed by atoms with van der Waals surface area (Å²) in [7, 11) is 0. The molecular formula is C35H28N5OPtSe-3. The van der Waals surface area contributed by atoms with Gasteiger partial charge in [-0.3, -0.25) is 0 Å². The van der Waals surface area contributed by atoms with Crippen molar-refractivity contribution in [3.8, 4) is 11.5 Å². The summed E-state index contributed by atoms with van der Waals surface area (Å²) >= 11 is 0.0403. The first kappa shape index (κ1) is 25.6. The van der Waals surface area contributed by atoms with Crippen molar-refractivity contribution in [1.29, 1.82) is 0 Å². The number of hydrogen-bond donors (Lipinski definition) is 0. The Labute approximate surface area is 277 Å². The zero-order chi connectivity index (χ0) is 31.2. The van der Waals surface area contributed by atoms with Crippen molar-refractivity contribution >= 4 is 46.8 Å². The van der Waals surface area contributed by atoms with E-state index in [1.807, 2.05) is 48.9 Å². The van der Waals surface area contributed by atoms with Crippen LogP contribution in [0.1, 0.15) is 29.1 Å². The molecule has 2 aliphatic heterocycles. The minimum Gasteiger partial charge on any atom is 0 e. The predicted molar refractivity (Wildman–Crippen MR) is 168 cm³/mol. The van der Waals surface area contributed by atoms with E-state index in [2.05, 4.69) is 84.4 Å². The molecule has 0 bridgehead atoms. The molecule has 0 atom stereocenters. The van der Waals surface area contributed by atoms with Gasteiger partial charge in [-0.25, -0.2) is 0 Å². The number of anilines is 4. The second-order valence-electron chi connectivity index (χ2n) is 10.4. The second-order valence-corrected chi connectivity index (χ2v) is 12.7. The number of fused-ring (bicyclic) bond motifs is 2. The molecule has 0 saturated carbocycles. The van der Waals surface area contributed by atoms with Crippen LogP contribution < -0.4 is 23.5 Å². The van der Waals surface area contributed by atoms with Gasteiger partial charge in [-0.05, 0) is 0 Å². The Morgan fingerprint density at radius 1 is 0.884 bits per heavy atom. The molecule has 43 heavy (non-hydrogen) atoms. The predicted octanol–water partition coefficient (Wildman–Crippen LogP) is 5.97. The third-order valence-electron chi connectivity index (χ3n) is 7.39. The third-order valence-corrected chi connectivity index (χ3v) is 9.72. The maximum atomic E-state index is 7.65. The zero-order valence-corrected chi connectivity index (χ0v) is 27.3. The summed E-state index contributed by atoms with van der Waals surface area (Å²) in [6.45, 7) is 3.70. The number of nitrogens with zero attached hydrogens (tertiary/aromatic N) is 5. The van der Waals surface area contributed by atoms with Crippen LogP contribution >= 0.6 is 0 Å². The van der Waals surface area contributed by atoms with E-state index in [0.29, 0.717) is 17.2 Å². The number of ether oxygens (including phenoxy) is 1. The van der Waals surface area contributed by atoms with E-state index in [9.17, 15) is 0 Å². The largest absolute Gasteiger partial charge is 0 e. The molecule has 6 nitrogen and oxygen atoms in total. The smallest absolute Gasteiger partial charge is 0 e. The molecule has 0 saturated heterocycles. The van der Waals surface area contributed by atoms with Crippen LogP contribution in [0.5, 0.6) is 11.5 Å². The van der Waals surface area contributed by atoms with Crippen molar-refractivity contribution in [2.24, 2.45) is 0 Å². The van der Waals surface area contributed by atoms with Gasteiger partial charge in [0.2, 0.25) is 0 Å². The molecule has 2 aromatic heterocycles. The van der Waals surface area contributed by atoms with E-state index in [-0.39, 0.29) is 41.4 Å². The van der Waals surface area contributed by atoms with E-state index in [0.717, 1.165) is 27.2 Å².